The number of benzene rings is 1. The molecule has 1 saturated heterocycles. The average molecular weight is 342 g/mol. The number of hydrogen-bond donors (Lipinski definition) is 1. The molecular formula is C15H20BrNO3. The second kappa shape index (κ2) is 5.84. The number of rotatable bonds is 2. The molecule has 1 aromatic carbocycles. The highest BCUT2D eigenvalue weighted by atomic mass is 79.9. The highest BCUT2D eigenvalue weighted by Crippen LogP contribution is 2.25. The summed E-state index contributed by atoms with van der Waals surface area (Å²) in [7, 11) is 0. The van der Waals surface area contributed by atoms with Crippen molar-refractivity contribution in [1.82, 2.24) is 4.90 Å². The number of aliphatic hydroxyl groups excluding tert-OH is 1. The molecule has 1 aromatic rings. The fraction of sp³-hybridized carbons (Fsp3) is 0.533. The molecule has 0 aliphatic carbocycles. The van der Waals surface area contributed by atoms with E-state index in [2.05, 4.69) is 15.9 Å². The lowest BCUT2D eigenvalue weighted by molar-refractivity contribution is -0.139. The van der Waals surface area contributed by atoms with Gasteiger partial charge >= 0.3 is 0 Å². The first-order valence-electron chi connectivity index (χ1n) is 6.66. The molecule has 4 nitrogen and oxygen atoms in total. The van der Waals surface area contributed by atoms with Gasteiger partial charge in [0.1, 0.15) is 0 Å². The quantitative estimate of drug-likeness (QED) is 0.898. The molecule has 1 N–H and O–H groups in total. The molecule has 0 aromatic heterocycles. The molecule has 1 heterocycles. The second-order valence-electron chi connectivity index (χ2n) is 5.85. The normalized spacial score (nSPS) is 21.9. The first-order chi connectivity index (χ1) is 9.32. The molecule has 1 fully saturated rings. The monoisotopic (exact) mass is 341 g/mol. The lowest BCUT2D eigenvalue weighted by Crippen LogP contribution is -2.55. The molecule has 0 bridgehead atoms. The SMILES string of the molecule is Cc1ccc(C(=O)N2CC(CO)OC(C)(C)C2)c(Br)c1. The van der Waals surface area contributed by atoms with Gasteiger partial charge in [0, 0.05) is 17.6 Å². The molecule has 1 unspecified atom stereocenters. The summed E-state index contributed by atoms with van der Waals surface area (Å²) in [6.45, 7) is 6.70. The minimum atomic E-state index is -0.446. The van der Waals surface area contributed by atoms with Crippen LogP contribution in [-0.2, 0) is 4.74 Å². The first-order valence-corrected chi connectivity index (χ1v) is 7.46. The maximum Gasteiger partial charge on any atom is 0.255 e. The van der Waals surface area contributed by atoms with E-state index in [1.54, 1.807) is 4.90 Å². The van der Waals surface area contributed by atoms with Gasteiger partial charge in [0.2, 0.25) is 0 Å². The Labute approximate surface area is 127 Å². The van der Waals surface area contributed by atoms with E-state index in [1.807, 2.05) is 39.0 Å². The van der Waals surface area contributed by atoms with Crippen molar-refractivity contribution in [2.24, 2.45) is 0 Å². The number of carbonyl (C=O) groups is 1. The Bertz CT molecular complexity index is 516. The lowest BCUT2D eigenvalue weighted by Gasteiger charge is -2.42. The fourth-order valence-electron chi connectivity index (χ4n) is 2.51. The number of nitrogens with zero attached hydrogens (tertiary/aromatic N) is 1. The summed E-state index contributed by atoms with van der Waals surface area (Å²) >= 11 is 3.45. The molecule has 1 amide bonds. The summed E-state index contributed by atoms with van der Waals surface area (Å²) in [5, 5.41) is 9.31. The Kier molecular flexibility index (Phi) is 4.52. The molecule has 0 saturated carbocycles. The van der Waals surface area contributed by atoms with Gasteiger partial charge in [-0.3, -0.25) is 4.79 Å². The summed E-state index contributed by atoms with van der Waals surface area (Å²) in [5.41, 5.74) is 1.30. The molecule has 0 radical (unpaired) electrons. The minimum Gasteiger partial charge on any atom is -0.394 e. The van der Waals surface area contributed by atoms with Crippen molar-refractivity contribution < 1.29 is 14.6 Å². The first kappa shape index (κ1) is 15.5. The molecule has 0 spiro atoms. The van der Waals surface area contributed by atoms with Gasteiger partial charge in [-0.05, 0) is 54.4 Å². The van der Waals surface area contributed by atoms with Crippen LogP contribution in [0, 0.1) is 6.92 Å². The van der Waals surface area contributed by atoms with Gasteiger partial charge in [0.25, 0.3) is 5.91 Å². The van der Waals surface area contributed by atoms with Crippen LogP contribution in [0.4, 0.5) is 0 Å². The van der Waals surface area contributed by atoms with Gasteiger partial charge < -0.3 is 14.7 Å². The van der Waals surface area contributed by atoms with Gasteiger partial charge in [-0.15, -0.1) is 0 Å². The standard InChI is InChI=1S/C15H20BrNO3/c1-10-4-5-12(13(16)6-10)14(19)17-7-11(8-18)20-15(2,3)9-17/h4-6,11,18H,7-9H2,1-3H3. The van der Waals surface area contributed by atoms with Crippen LogP contribution in [0.25, 0.3) is 0 Å². The zero-order valence-corrected chi connectivity index (χ0v) is 13.6. The third-order valence-electron chi connectivity index (χ3n) is 3.33. The molecule has 110 valence electrons. The van der Waals surface area contributed by atoms with Crippen molar-refractivity contribution in [2.45, 2.75) is 32.5 Å². The summed E-state index contributed by atoms with van der Waals surface area (Å²) in [6, 6.07) is 5.69. The number of carbonyl (C=O) groups excluding carboxylic acids is 1. The van der Waals surface area contributed by atoms with Gasteiger partial charge in [-0.2, -0.15) is 0 Å². The highest BCUT2D eigenvalue weighted by molar-refractivity contribution is 9.10. The van der Waals surface area contributed by atoms with Gasteiger partial charge in [0.15, 0.2) is 0 Å². The molecule has 5 heteroatoms. The van der Waals surface area contributed by atoms with Crippen LogP contribution in [0.2, 0.25) is 0 Å². The number of amides is 1. The summed E-state index contributed by atoms with van der Waals surface area (Å²) < 4.78 is 6.53. The molecule has 1 aliphatic heterocycles. The van der Waals surface area contributed by atoms with Crippen LogP contribution >= 0.6 is 15.9 Å². The Hall–Kier alpha value is -0.910. The Balaban J connectivity index is 2.23. The smallest absolute Gasteiger partial charge is 0.255 e. The van der Waals surface area contributed by atoms with Gasteiger partial charge in [0.05, 0.1) is 23.9 Å². The summed E-state index contributed by atoms with van der Waals surface area (Å²) in [5.74, 6) is -0.0355. The van der Waals surface area contributed by atoms with Crippen molar-refractivity contribution in [2.75, 3.05) is 19.7 Å². The molecule has 20 heavy (non-hydrogen) atoms. The Morgan fingerprint density at radius 2 is 2.25 bits per heavy atom. The van der Waals surface area contributed by atoms with E-state index in [-0.39, 0.29) is 18.6 Å². The third kappa shape index (κ3) is 3.40. The molecular weight excluding hydrogens is 322 g/mol. The number of aliphatic hydroxyl groups is 1. The van der Waals surface area contributed by atoms with Crippen molar-refractivity contribution >= 4 is 21.8 Å². The number of hydrogen-bond acceptors (Lipinski definition) is 3. The number of aryl methyl sites for hydroxylation is 1. The zero-order valence-electron chi connectivity index (χ0n) is 12.0. The van der Waals surface area contributed by atoms with Crippen LogP contribution in [-0.4, -0.2) is 47.3 Å². The summed E-state index contributed by atoms with van der Waals surface area (Å²) in [6.07, 6.45) is -0.327. The highest BCUT2D eigenvalue weighted by Gasteiger charge is 2.35. The number of ether oxygens (including phenoxy) is 1. The number of halogens is 1. The predicted octanol–water partition coefficient (Wildman–Crippen LogP) is 2.37. The maximum absolute atomic E-state index is 12.6. The van der Waals surface area contributed by atoms with Crippen LogP contribution in [0.1, 0.15) is 29.8 Å². The molecule has 1 aliphatic rings. The van der Waals surface area contributed by atoms with E-state index < -0.39 is 5.60 Å². The largest absolute Gasteiger partial charge is 0.394 e. The van der Waals surface area contributed by atoms with E-state index in [1.165, 1.54) is 0 Å². The average Bonchev–Trinajstić information content (AvgIpc) is 2.36. The van der Waals surface area contributed by atoms with Crippen LogP contribution < -0.4 is 0 Å². The van der Waals surface area contributed by atoms with E-state index in [9.17, 15) is 9.90 Å². The van der Waals surface area contributed by atoms with E-state index in [4.69, 9.17) is 4.74 Å². The van der Waals surface area contributed by atoms with Crippen molar-refractivity contribution in [3.63, 3.8) is 0 Å². The third-order valence-corrected chi connectivity index (χ3v) is 3.98. The van der Waals surface area contributed by atoms with Gasteiger partial charge in [-0.1, -0.05) is 6.07 Å². The fourth-order valence-corrected chi connectivity index (χ4v) is 3.17. The number of morpholine rings is 1. The van der Waals surface area contributed by atoms with E-state index in [0.29, 0.717) is 18.7 Å². The summed E-state index contributed by atoms with van der Waals surface area (Å²) in [4.78, 5) is 14.4. The second-order valence-corrected chi connectivity index (χ2v) is 6.71. The van der Waals surface area contributed by atoms with E-state index >= 15 is 0 Å². The topological polar surface area (TPSA) is 49.8 Å². The van der Waals surface area contributed by atoms with Crippen LogP contribution in [0.3, 0.4) is 0 Å². The lowest BCUT2D eigenvalue weighted by atomic mass is 10.0. The zero-order chi connectivity index (χ0) is 14.9. The Morgan fingerprint density at radius 1 is 1.55 bits per heavy atom. The minimum absolute atomic E-state index is 0.0355. The predicted molar refractivity (Wildman–Crippen MR) is 80.8 cm³/mol. The Morgan fingerprint density at radius 3 is 2.85 bits per heavy atom. The van der Waals surface area contributed by atoms with E-state index in [0.717, 1.165) is 10.0 Å². The van der Waals surface area contributed by atoms with Crippen LogP contribution in [0.15, 0.2) is 22.7 Å². The molecule has 2 rings (SSSR count). The maximum atomic E-state index is 12.6. The van der Waals surface area contributed by atoms with Crippen LogP contribution in [0.5, 0.6) is 0 Å². The van der Waals surface area contributed by atoms with Crippen molar-refractivity contribution in [1.29, 1.82) is 0 Å². The van der Waals surface area contributed by atoms with Crippen molar-refractivity contribution in [3.05, 3.63) is 33.8 Å². The van der Waals surface area contributed by atoms with Crippen molar-refractivity contribution in [3.8, 4) is 0 Å². The van der Waals surface area contributed by atoms with Gasteiger partial charge in [-0.25, -0.2) is 0 Å². The molecule has 1 atom stereocenters.